The summed E-state index contributed by atoms with van der Waals surface area (Å²) in [6.07, 6.45) is 6.15. The highest BCUT2D eigenvalue weighted by atomic mass is 32.2. The Hall–Kier alpha value is -2.58. The molecule has 39 heavy (non-hydrogen) atoms. The molecule has 3 aliphatic rings. The molecule has 212 valence electrons. The number of unbranched alkanes of at least 4 members (excludes halogenated alkanes) is 1. The van der Waals surface area contributed by atoms with E-state index in [0.29, 0.717) is 12.8 Å². The van der Waals surface area contributed by atoms with Crippen molar-refractivity contribution in [1.29, 1.82) is 0 Å². The van der Waals surface area contributed by atoms with Crippen LogP contribution in [0.15, 0.2) is 43.5 Å². The number of thioether (sulfide) groups is 1. The minimum atomic E-state index is -0.810. The Balaban J connectivity index is 1.80. The summed E-state index contributed by atoms with van der Waals surface area (Å²) in [6.45, 7) is 15.9. The van der Waals surface area contributed by atoms with Crippen LogP contribution in [0.2, 0.25) is 0 Å². The van der Waals surface area contributed by atoms with E-state index in [1.165, 1.54) is 0 Å². The molecule has 2 amide bonds. The van der Waals surface area contributed by atoms with Crippen molar-refractivity contribution in [1.82, 2.24) is 4.90 Å². The van der Waals surface area contributed by atoms with Gasteiger partial charge in [-0.2, -0.15) is 0 Å². The lowest BCUT2D eigenvalue weighted by molar-refractivity contribution is -0.155. The molecule has 3 unspecified atom stereocenters. The van der Waals surface area contributed by atoms with Crippen molar-refractivity contribution in [3.63, 3.8) is 0 Å². The highest BCUT2D eigenvalue weighted by Gasteiger charge is 2.77. The third kappa shape index (κ3) is 4.84. The normalized spacial score (nSPS) is 29.7. The van der Waals surface area contributed by atoms with Gasteiger partial charge in [-0.15, -0.1) is 24.9 Å². The number of rotatable bonds is 12. The number of hydrogen-bond donors (Lipinski definition) is 1. The van der Waals surface area contributed by atoms with Crippen LogP contribution >= 0.6 is 11.8 Å². The second-order valence-corrected chi connectivity index (χ2v) is 12.7. The molecule has 0 aromatic heterocycles. The Labute approximate surface area is 236 Å². The average Bonchev–Trinajstić information content (AvgIpc) is 3.51. The smallest absolute Gasteiger partial charge is 0.310 e. The molecule has 0 radical (unpaired) electrons. The van der Waals surface area contributed by atoms with E-state index in [0.717, 1.165) is 29.7 Å². The van der Waals surface area contributed by atoms with Gasteiger partial charge in [0, 0.05) is 17.5 Å². The Kier molecular flexibility index (Phi) is 8.96. The lowest BCUT2D eigenvalue weighted by Crippen LogP contribution is -2.59. The molecule has 4 rings (SSSR count). The summed E-state index contributed by atoms with van der Waals surface area (Å²) < 4.78 is 4.89. The van der Waals surface area contributed by atoms with Crippen molar-refractivity contribution in [3.8, 4) is 0 Å². The molecular formula is C31H42N2O5S. The van der Waals surface area contributed by atoms with E-state index in [-0.39, 0.29) is 48.7 Å². The Morgan fingerprint density at radius 2 is 2.05 bits per heavy atom. The molecule has 1 aromatic rings. The number of aryl methyl sites for hydroxylation is 2. The van der Waals surface area contributed by atoms with Crippen LogP contribution in [0.4, 0.5) is 5.69 Å². The molecule has 8 heteroatoms. The summed E-state index contributed by atoms with van der Waals surface area (Å²) in [5, 5.41) is 10.3. The van der Waals surface area contributed by atoms with E-state index in [1.807, 2.05) is 39.0 Å². The summed E-state index contributed by atoms with van der Waals surface area (Å²) in [5.41, 5.74) is 2.76. The molecule has 3 fully saturated rings. The third-order valence-corrected chi connectivity index (χ3v) is 10.9. The maximum atomic E-state index is 14.7. The zero-order valence-electron chi connectivity index (χ0n) is 23.6. The van der Waals surface area contributed by atoms with Crippen LogP contribution < -0.4 is 4.90 Å². The number of aliphatic hydroxyl groups is 1. The van der Waals surface area contributed by atoms with Gasteiger partial charge in [-0.25, -0.2) is 0 Å². The molecule has 7 atom stereocenters. The molecule has 3 heterocycles. The summed E-state index contributed by atoms with van der Waals surface area (Å²) in [5.74, 6) is -2.00. The van der Waals surface area contributed by atoms with Crippen LogP contribution in [-0.2, 0) is 19.1 Å². The maximum absolute atomic E-state index is 14.7. The van der Waals surface area contributed by atoms with Crippen molar-refractivity contribution in [2.45, 2.75) is 75.5 Å². The molecule has 3 aliphatic heterocycles. The fourth-order valence-corrected chi connectivity index (χ4v) is 9.29. The topological polar surface area (TPSA) is 87.1 Å². The minimum absolute atomic E-state index is 0.0330. The monoisotopic (exact) mass is 554 g/mol. The number of esters is 1. The van der Waals surface area contributed by atoms with Gasteiger partial charge in [0.15, 0.2) is 0 Å². The SMILES string of the molecule is C=CCCCOC(=O)[C@@H]1[C@H]2C(=O)N([C@@H](CC)CO)C(C(=O)N(CC=C)c3cc(C)ccc3C)C23S[C@@H]1CC3C. The number of aliphatic hydroxyl groups excluding tert-OH is 1. The summed E-state index contributed by atoms with van der Waals surface area (Å²) >= 11 is 1.62. The fraction of sp³-hybridized carbons (Fsp3) is 0.581. The molecular weight excluding hydrogens is 512 g/mol. The van der Waals surface area contributed by atoms with Crippen molar-refractivity contribution in [2.24, 2.45) is 17.8 Å². The first kappa shape index (κ1) is 29.4. The molecule has 0 saturated carbocycles. The zero-order valence-corrected chi connectivity index (χ0v) is 24.4. The standard InChI is InChI=1S/C31H42N2O5S/c1-7-10-11-15-38-30(37)25-24-17-21(6)31(39-24)26(25)28(35)33(22(9-3)18-34)27(31)29(36)32(14-8-2)23-16-19(4)12-13-20(23)5/h7-8,12-13,16,21-22,24-27,34H,1-2,9-11,14-15,17-18H2,3-6H3/t21?,22-,24+,25-,26-,27?,31?/m0/s1. The number of amides is 2. The summed E-state index contributed by atoms with van der Waals surface area (Å²) in [7, 11) is 0. The highest BCUT2D eigenvalue weighted by Crippen LogP contribution is 2.69. The number of hydrogen-bond acceptors (Lipinski definition) is 6. The maximum Gasteiger partial charge on any atom is 0.310 e. The highest BCUT2D eigenvalue weighted by molar-refractivity contribution is 8.02. The van der Waals surface area contributed by atoms with Gasteiger partial charge in [-0.1, -0.05) is 38.1 Å². The zero-order chi connectivity index (χ0) is 28.5. The van der Waals surface area contributed by atoms with Crippen molar-refractivity contribution in [3.05, 3.63) is 54.6 Å². The van der Waals surface area contributed by atoms with Crippen LogP contribution in [0.5, 0.6) is 0 Å². The van der Waals surface area contributed by atoms with E-state index in [1.54, 1.807) is 33.7 Å². The van der Waals surface area contributed by atoms with Gasteiger partial charge >= 0.3 is 5.97 Å². The average molecular weight is 555 g/mol. The molecule has 2 bridgehead atoms. The van der Waals surface area contributed by atoms with Gasteiger partial charge in [0.05, 0.1) is 35.8 Å². The Morgan fingerprint density at radius 3 is 2.69 bits per heavy atom. The Morgan fingerprint density at radius 1 is 1.31 bits per heavy atom. The molecule has 7 nitrogen and oxygen atoms in total. The van der Waals surface area contributed by atoms with Crippen molar-refractivity contribution < 1.29 is 24.2 Å². The number of ether oxygens (including phenoxy) is 1. The number of likely N-dealkylation sites (tertiary alicyclic amines) is 1. The second kappa shape index (κ2) is 11.9. The molecule has 1 spiro atoms. The lowest BCUT2D eigenvalue weighted by Gasteiger charge is -2.42. The van der Waals surface area contributed by atoms with E-state index >= 15 is 0 Å². The predicted molar refractivity (Wildman–Crippen MR) is 156 cm³/mol. The third-order valence-electron chi connectivity index (χ3n) is 8.79. The fourth-order valence-electron chi connectivity index (χ4n) is 6.90. The molecule has 1 N–H and O–H groups in total. The van der Waals surface area contributed by atoms with Crippen molar-refractivity contribution >= 4 is 35.2 Å². The van der Waals surface area contributed by atoms with Gasteiger partial charge in [-0.3, -0.25) is 14.4 Å². The molecule has 0 aliphatic carbocycles. The molecule has 3 saturated heterocycles. The van der Waals surface area contributed by atoms with Crippen LogP contribution in [0.3, 0.4) is 0 Å². The lowest BCUT2D eigenvalue weighted by atomic mass is 9.66. The number of nitrogens with zero attached hydrogens (tertiary/aromatic N) is 2. The van der Waals surface area contributed by atoms with Gasteiger partial charge in [0.25, 0.3) is 5.91 Å². The first-order valence-corrected chi connectivity index (χ1v) is 14.9. The number of carbonyl (C=O) groups is 3. The van der Waals surface area contributed by atoms with E-state index in [9.17, 15) is 19.5 Å². The van der Waals surface area contributed by atoms with E-state index in [4.69, 9.17) is 4.74 Å². The van der Waals surface area contributed by atoms with Crippen LogP contribution in [0.1, 0.15) is 50.7 Å². The molecule has 1 aromatic carbocycles. The quantitative estimate of drug-likeness (QED) is 0.234. The largest absolute Gasteiger partial charge is 0.465 e. The van der Waals surface area contributed by atoms with E-state index < -0.39 is 28.7 Å². The number of carbonyl (C=O) groups excluding carboxylic acids is 3. The number of allylic oxidation sites excluding steroid dienone is 1. The van der Waals surface area contributed by atoms with Gasteiger partial charge in [0.1, 0.15) is 6.04 Å². The number of fused-ring (bicyclic) bond motifs is 1. The van der Waals surface area contributed by atoms with Crippen molar-refractivity contribution in [2.75, 3.05) is 24.7 Å². The van der Waals surface area contributed by atoms with Gasteiger partial charge < -0.3 is 19.6 Å². The van der Waals surface area contributed by atoms with Gasteiger partial charge in [-0.05, 0) is 62.6 Å². The number of benzene rings is 1. The van der Waals surface area contributed by atoms with Gasteiger partial charge in [0.2, 0.25) is 5.91 Å². The van der Waals surface area contributed by atoms with Crippen LogP contribution in [-0.4, -0.2) is 69.6 Å². The van der Waals surface area contributed by atoms with E-state index in [2.05, 4.69) is 20.1 Å². The van der Waals surface area contributed by atoms with Crippen LogP contribution in [0, 0.1) is 31.6 Å². The van der Waals surface area contributed by atoms with Crippen LogP contribution in [0.25, 0.3) is 0 Å². The predicted octanol–water partition coefficient (Wildman–Crippen LogP) is 4.44. The summed E-state index contributed by atoms with van der Waals surface area (Å²) in [4.78, 5) is 45.8. The minimum Gasteiger partial charge on any atom is -0.465 e. The second-order valence-electron chi connectivity index (χ2n) is 11.2. The number of anilines is 1. The summed E-state index contributed by atoms with van der Waals surface area (Å²) in [6, 6.07) is 4.66. The first-order chi connectivity index (χ1) is 18.7. The Bertz CT molecular complexity index is 1130. The first-order valence-electron chi connectivity index (χ1n) is 14.1.